The van der Waals surface area contributed by atoms with Gasteiger partial charge < -0.3 is 33.3 Å². The molecule has 0 saturated heterocycles. The molecule has 2 unspecified atom stereocenters. The molecule has 0 heterocycles. The van der Waals surface area contributed by atoms with Crippen LogP contribution in [0.2, 0.25) is 0 Å². The van der Waals surface area contributed by atoms with E-state index in [-0.39, 0.29) is 32.2 Å². The van der Waals surface area contributed by atoms with Crippen LogP contribution in [0.5, 0.6) is 0 Å². The minimum absolute atomic E-state index is 0.147. The fourth-order valence-corrected chi connectivity index (χ4v) is 13.2. The van der Waals surface area contributed by atoms with Crippen LogP contribution >= 0.6 is 0 Å². The highest BCUT2D eigenvalue weighted by atomic mass is 16.7. The molecule has 0 aliphatic heterocycles. The fourth-order valence-electron chi connectivity index (χ4n) is 13.2. The van der Waals surface area contributed by atoms with Crippen LogP contribution in [0.25, 0.3) is 0 Å². The summed E-state index contributed by atoms with van der Waals surface area (Å²) < 4.78 is 22.9. The van der Waals surface area contributed by atoms with Crippen molar-refractivity contribution in [3.63, 3.8) is 0 Å². The summed E-state index contributed by atoms with van der Waals surface area (Å²) in [5, 5.41) is 11.9. The summed E-state index contributed by atoms with van der Waals surface area (Å²) in [7, 11) is 5.95. The lowest BCUT2D eigenvalue weighted by molar-refractivity contribution is -0.870. The zero-order valence-electron chi connectivity index (χ0n) is 69.8. The molecule has 0 aromatic carbocycles. The van der Waals surface area contributed by atoms with Crippen molar-refractivity contribution < 1.29 is 42.9 Å². The Kier molecular flexibility index (Phi) is 82.3. The van der Waals surface area contributed by atoms with E-state index in [1.807, 2.05) is 21.1 Å². The molecule has 9 nitrogen and oxygen atoms in total. The number of carbonyl (C=O) groups is 3. The molecule has 9 heteroatoms. The van der Waals surface area contributed by atoms with E-state index in [4.69, 9.17) is 18.9 Å². The summed E-state index contributed by atoms with van der Waals surface area (Å²) in [5.41, 5.74) is 0. The third-order valence-corrected chi connectivity index (χ3v) is 20.0. The van der Waals surface area contributed by atoms with Gasteiger partial charge in [-0.25, -0.2) is 0 Å². The summed E-state index contributed by atoms with van der Waals surface area (Å²) in [4.78, 5) is 37.7. The maximum absolute atomic E-state index is 13.0. The molecule has 0 aliphatic carbocycles. The first-order chi connectivity index (χ1) is 51.6. The first kappa shape index (κ1) is 101. The van der Waals surface area contributed by atoms with Crippen molar-refractivity contribution in [1.29, 1.82) is 0 Å². The molecule has 0 amide bonds. The van der Waals surface area contributed by atoms with Crippen molar-refractivity contribution in [2.45, 2.75) is 437 Å². The first-order valence-electron chi connectivity index (χ1n) is 45.0. The lowest BCUT2D eigenvalue weighted by Crippen LogP contribution is -2.44. The second-order valence-corrected chi connectivity index (χ2v) is 31.5. The number of rotatable bonds is 84. The van der Waals surface area contributed by atoms with Crippen molar-refractivity contribution in [2.24, 2.45) is 0 Å². The fraction of sp³-hybridized carbons (Fsp3) is 0.781. The number of hydrogen-bond acceptors (Lipinski definition) is 8. The zero-order valence-corrected chi connectivity index (χ0v) is 69.8. The average molecular weight is 1470 g/mol. The molecule has 0 aromatic rings. The number of ether oxygens (including phenoxy) is 4. The highest BCUT2D eigenvalue weighted by molar-refractivity contribution is 5.70. The number of quaternary nitrogens is 1. The molecule has 0 fully saturated rings. The van der Waals surface area contributed by atoms with Gasteiger partial charge in [0.2, 0.25) is 0 Å². The number of esters is 2. The number of carbonyl (C=O) groups excluding carboxylic acids is 3. The van der Waals surface area contributed by atoms with Crippen LogP contribution < -0.4 is 5.11 Å². The van der Waals surface area contributed by atoms with Gasteiger partial charge in [-0.15, -0.1) is 0 Å². The molecule has 0 N–H and O–H groups in total. The average Bonchev–Trinajstić information content (AvgIpc) is 1.97. The normalized spacial score (nSPS) is 13.1. The van der Waals surface area contributed by atoms with Gasteiger partial charge in [-0.05, 0) is 103 Å². The summed E-state index contributed by atoms with van der Waals surface area (Å²) in [6.07, 6.45) is 118. The highest BCUT2D eigenvalue weighted by Crippen LogP contribution is 2.20. The second-order valence-electron chi connectivity index (χ2n) is 31.5. The number of carboxylic acids is 1. The van der Waals surface area contributed by atoms with Gasteiger partial charge in [0.15, 0.2) is 12.4 Å². The van der Waals surface area contributed by atoms with Crippen molar-refractivity contribution in [3.05, 3.63) is 109 Å². The van der Waals surface area contributed by atoms with Gasteiger partial charge in [0.05, 0.1) is 40.3 Å². The standard InChI is InChI=1S/C96H171NO8/c1-6-8-10-12-14-16-18-20-22-24-26-28-30-32-34-36-38-40-42-44-46-47-49-50-52-54-56-58-60-62-64-66-68-70-72-74-76-78-80-82-84-86-93(98)103-90-92(91-104-96(95(100)101)102-89-88-97(3,4)5)105-94(99)87-85-83-81-79-77-75-73-71-69-67-65-63-61-59-57-55-53-51-48-45-43-41-39-37-35-33-31-29-27-25-23-21-19-17-15-13-11-9-7-2/h9,11,15,17-18,20-21,23-24,26-27,29,33,35,39,41,45,48,92,96H,6-8,10,12-14,16,19,22,25,28,30-32,34,36-38,40,42-44,46-47,49-91H2,1-5H3/b11-9-,17-15-,20-18-,23-21-,26-24-,29-27-,35-33-,41-39-,48-45-. The molecule has 2 atom stereocenters. The molecule has 0 radical (unpaired) electrons. The van der Waals surface area contributed by atoms with Crippen molar-refractivity contribution in [1.82, 2.24) is 0 Å². The van der Waals surface area contributed by atoms with E-state index >= 15 is 0 Å². The number of unbranched alkanes of at least 4 members (excludes halogenated alkanes) is 51. The van der Waals surface area contributed by atoms with Gasteiger partial charge in [0.1, 0.15) is 13.2 Å². The molecule has 0 aliphatic rings. The quantitative estimate of drug-likeness (QED) is 0.0195. The number of aliphatic carboxylic acids is 1. The number of likely N-dealkylation sites (N-methyl/N-ethyl adjacent to an activating group) is 1. The van der Waals surface area contributed by atoms with Crippen molar-refractivity contribution in [3.8, 4) is 0 Å². The second kappa shape index (κ2) is 85.6. The number of hydrogen-bond donors (Lipinski definition) is 0. The maximum Gasteiger partial charge on any atom is 0.306 e. The van der Waals surface area contributed by atoms with E-state index in [0.717, 1.165) is 83.5 Å². The molecule has 105 heavy (non-hydrogen) atoms. The molecule has 0 saturated carbocycles. The molecule has 608 valence electrons. The predicted molar refractivity (Wildman–Crippen MR) is 454 cm³/mol. The summed E-state index contributed by atoms with van der Waals surface area (Å²) in [6.45, 7) is 4.68. The summed E-state index contributed by atoms with van der Waals surface area (Å²) >= 11 is 0. The Morgan fingerprint density at radius 1 is 0.295 bits per heavy atom. The van der Waals surface area contributed by atoms with Gasteiger partial charge in [-0.3, -0.25) is 9.59 Å². The molecular formula is C96H171NO8. The Hall–Kier alpha value is -4.05. The Labute approximate surface area is 651 Å². The van der Waals surface area contributed by atoms with Gasteiger partial charge in [-0.1, -0.05) is 419 Å². The third-order valence-electron chi connectivity index (χ3n) is 20.0. The Morgan fingerprint density at radius 3 is 0.810 bits per heavy atom. The van der Waals surface area contributed by atoms with Gasteiger partial charge in [-0.2, -0.15) is 0 Å². The van der Waals surface area contributed by atoms with Crippen LogP contribution in [0.4, 0.5) is 0 Å². The van der Waals surface area contributed by atoms with Crippen LogP contribution in [0.3, 0.4) is 0 Å². The SMILES string of the molecule is CC/C=C\C/C=C\C/C=C\C/C=C\C/C=C\C/C=C\C/C=C\CCCCCCCCCCCCCCCCCCCC(=O)OC(COC(=O)CCCCCCCCCCCCCCCCCCCCCCCCCCCCCCC/C=C\C/C=C\CCCCCCC)COC(OCC[N+](C)(C)C)C(=O)[O-]. The minimum atomic E-state index is -1.62. The van der Waals surface area contributed by atoms with Gasteiger partial charge in [0.25, 0.3) is 0 Å². The molecule has 0 rings (SSSR count). The van der Waals surface area contributed by atoms with Crippen molar-refractivity contribution >= 4 is 17.9 Å². The van der Waals surface area contributed by atoms with Gasteiger partial charge >= 0.3 is 11.9 Å². The van der Waals surface area contributed by atoms with E-state index in [1.165, 1.54) is 308 Å². The summed E-state index contributed by atoms with van der Waals surface area (Å²) in [6, 6.07) is 0. The number of nitrogens with zero attached hydrogens (tertiary/aromatic N) is 1. The van der Waals surface area contributed by atoms with E-state index in [2.05, 4.69) is 123 Å². The minimum Gasteiger partial charge on any atom is -0.545 e. The Bertz CT molecular complexity index is 2110. The van der Waals surface area contributed by atoms with Crippen molar-refractivity contribution in [2.75, 3.05) is 47.5 Å². The Morgan fingerprint density at radius 2 is 0.543 bits per heavy atom. The van der Waals surface area contributed by atoms with Crippen LogP contribution in [-0.2, 0) is 33.3 Å². The molecular weight excluding hydrogens is 1300 g/mol. The van der Waals surface area contributed by atoms with Gasteiger partial charge in [0, 0.05) is 12.8 Å². The molecule has 0 bridgehead atoms. The summed E-state index contributed by atoms with van der Waals surface area (Å²) in [5.74, 6) is -2.26. The largest absolute Gasteiger partial charge is 0.545 e. The smallest absolute Gasteiger partial charge is 0.306 e. The highest BCUT2D eigenvalue weighted by Gasteiger charge is 2.22. The topological polar surface area (TPSA) is 111 Å². The van der Waals surface area contributed by atoms with Crippen LogP contribution in [0.1, 0.15) is 425 Å². The number of allylic oxidation sites excluding steroid dienone is 18. The van der Waals surface area contributed by atoms with Crippen LogP contribution in [0.15, 0.2) is 109 Å². The molecule has 0 spiro atoms. The van der Waals surface area contributed by atoms with Crippen LogP contribution in [-0.4, -0.2) is 82.3 Å². The van der Waals surface area contributed by atoms with E-state index < -0.39 is 24.3 Å². The van der Waals surface area contributed by atoms with E-state index in [0.29, 0.717) is 23.9 Å². The maximum atomic E-state index is 13.0. The van der Waals surface area contributed by atoms with Crippen LogP contribution in [0, 0.1) is 0 Å². The lowest BCUT2D eigenvalue weighted by atomic mass is 10.0. The van der Waals surface area contributed by atoms with E-state index in [1.54, 1.807) is 0 Å². The predicted octanol–water partition coefficient (Wildman–Crippen LogP) is 28.3. The first-order valence-corrected chi connectivity index (χ1v) is 45.0. The monoisotopic (exact) mass is 1470 g/mol. The van der Waals surface area contributed by atoms with E-state index in [9.17, 15) is 19.5 Å². The third kappa shape index (κ3) is 87.1. The lowest BCUT2D eigenvalue weighted by Gasteiger charge is -2.26. The zero-order chi connectivity index (χ0) is 76.0. The molecule has 0 aromatic heterocycles. The number of carboxylic acid groups (broad SMARTS) is 1. The Balaban J connectivity index is 3.93.